The zero-order chi connectivity index (χ0) is 13.8. The van der Waals surface area contributed by atoms with Gasteiger partial charge in [-0.2, -0.15) is 0 Å². The Kier molecular flexibility index (Phi) is 4.94. The molecule has 2 rings (SSSR count). The molecule has 0 spiro atoms. The van der Waals surface area contributed by atoms with E-state index in [1.165, 1.54) is 6.42 Å². The standard InChI is InChI=1S/C14H17Cl2NO2/c1-9-5-2-3-8-12(9)19-14(18)17-13-10(15)6-4-7-11(13)16/h4,6-7,9,12H,2-3,5,8H2,1H3,(H,17,18)/t9-,12+/m1/s1. The molecule has 1 saturated carbocycles. The second-order valence-corrected chi connectivity index (χ2v) is 5.74. The fourth-order valence-corrected chi connectivity index (χ4v) is 2.84. The molecule has 0 unspecified atom stereocenters. The Bertz CT molecular complexity index is 445. The van der Waals surface area contributed by atoms with Crippen LogP contribution < -0.4 is 5.32 Å². The van der Waals surface area contributed by atoms with E-state index in [0.29, 0.717) is 21.7 Å². The fraction of sp³-hybridized carbons (Fsp3) is 0.500. The summed E-state index contributed by atoms with van der Waals surface area (Å²) >= 11 is 12.0. The summed E-state index contributed by atoms with van der Waals surface area (Å²) in [6.07, 6.45) is 3.83. The Morgan fingerprint density at radius 2 is 1.89 bits per heavy atom. The number of anilines is 1. The van der Waals surface area contributed by atoms with Gasteiger partial charge in [0.25, 0.3) is 0 Å². The summed E-state index contributed by atoms with van der Waals surface area (Å²) in [6, 6.07) is 5.07. The molecule has 2 atom stereocenters. The van der Waals surface area contributed by atoms with Crippen molar-refractivity contribution in [3.8, 4) is 0 Å². The van der Waals surface area contributed by atoms with Gasteiger partial charge in [-0.25, -0.2) is 4.79 Å². The van der Waals surface area contributed by atoms with Gasteiger partial charge in [0.1, 0.15) is 6.10 Å². The lowest BCUT2D eigenvalue weighted by atomic mass is 9.88. The molecule has 0 heterocycles. The largest absolute Gasteiger partial charge is 0.446 e. The van der Waals surface area contributed by atoms with Crippen LogP contribution >= 0.6 is 23.2 Å². The number of carbonyl (C=O) groups excluding carboxylic acids is 1. The first-order valence-electron chi connectivity index (χ1n) is 6.49. The van der Waals surface area contributed by atoms with Gasteiger partial charge in [0.2, 0.25) is 0 Å². The van der Waals surface area contributed by atoms with E-state index < -0.39 is 6.09 Å². The molecular weight excluding hydrogens is 285 g/mol. The average Bonchev–Trinajstić information content (AvgIpc) is 2.37. The molecule has 5 heteroatoms. The Hall–Kier alpha value is -0.930. The van der Waals surface area contributed by atoms with E-state index >= 15 is 0 Å². The van der Waals surface area contributed by atoms with Crippen molar-refractivity contribution >= 4 is 35.0 Å². The zero-order valence-corrected chi connectivity index (χ0v) is 12.3. The summed E-state index contributed by atoms with van der Waals surface area (Å²) < 4.78 is 5.45. The number of hydrogen-bond acceptors (Lipinski definition) is 2. The van der Waals surface area contributed by atoms with Crippen LogP contribution in [0, 0.1) is 5.92 Å². The normalized spacial score (nSPS) is 22.9. The molecule has 0 saturated heterocycles. The van der Waals surface area contributed by atoms with E-state index in [9.17, 15) is 4.79 Å². The lowest BCUT2D eigenvalue weighted by Gasteiger charge is -2.28. The van der Waals surface area contributed by atoms with Crippen molar-refractivity contribution < 1.29 is 9.53 Å². The topological polar surface area (TPSA) is 38.3 Å². The molecule has 104 valence electrons. The van der Waals surface area contributed by atoms with Crippen LogP contribution in [0.3, 0.4) is 0 Å². The average molecular weight is 302 g/mol. The number of amides is 1. The first-order valence-corrected chi connectivity index (χ1v) is 7.25. The van der Waals surface area contributed by atoms with Crippen molar-refractivity contribution in [3.63, 3.8) is 0 Å². The van der Waals surface area contributed by atoms with Crippen LogP contribution in [-0.2, 0) is 4.74 Å². The van der Waals surface area contributed by atoms with E-state index in [1.54, 1.807) is 18.2 Å². The van der Waals surface area contributed by atoms with Gasteiger partial charge in [-0.1, -0.05) is 42.6 Å². The van der Waals surface area contributed by atoms with Gasteiger partial charge in [0.15, 0.2) is 0 Å². The summed E-state index contributed by atoms with van der Waals surface area (Å²) in [5.41, 5.74) is 0.402. The lowest BCUT2D eigenvalue weighted by Crippen LogP contribution is -2.30. The van der Waals surface area contributed by atoms with E-state index in [0.717, 1.165) is 19.3 Å². The zero-order valence-electron chi connectivity index (χ0n) is 10.8. The third kappa shape index (κ3) is 3.77. The number of nitrogens with one attached hydrogen (secondary N) is 1. The number of halogens is 2. The van der Waals surface area contributed by atoms with Crippen LogP contribution in [0.1, 0.15) is 32.6 Å². The number of rotatable bonds is 2. The summed E-state index contributed by atoms with van der Waals surface area (Å²) in [6.45, 7) is 2.11. The van der Waals surface area contributed by atoms with Gasteiger partial charge < -0.3 is 4.74 Å². The maximum atomic E-state index is 11.9. The fourth-order valence-electron chi connectivity index (χ4n) is 2.34. The maximum Gasteiger partial charge on any atom is 0.411 e. The van der Waals surface area contributed by atoms with Crippen LogP contribution in [0.15, 0.2) is 18.2 Å². The molecule has 0 bridgehead atoms. The summed E-state index contributed by atoms with van der Waals surface area (Å²) in [5, 5.41) is 3.43. The van der Waals surface area contributed by atoms with Crippen molar-refractivity contribution in [2.24, 2.45) is 5.92 Å². The molecule has 0 radical (unpaired) electrons. The van der Waals surface area contributed by atoms with Crippen molar-refractivity contribution in [1.29, 1.82) is 0 Å². The van der Waals surface area contributed by atoms with Gasteiger partial charge in [-0.05, 0) is 37.3 Å². The quantitative estimate of drug-likeness (QED) is 0.823. The van der Waals surface area contributed by atoms with Crippen LogP contribution in [-0.4, -0.2) is 12.2 Å². The van der Waals surface area contributed by atoms with E-state index in [-0.39, 0.29) is 6.10 Å². The smallest absolute Gasteiger partial charge is 0.411 e. The second kappa shape index (κ2) is 6.49. The minimum absolute atomic E-state index is 0.0185. The molecule has 1 N–H and O–H groups in total. The highest BCUT2D eigenvalue weighted by Gasteiger charge is 2.25. The molecule has 1 aromatic rings. The summed E-state index contributed by atoms with van der Waals surface area (Å²) in [5.74, 6) is 0.404. The first-order chi connectivity index (χ1) is 9.08. The highest BCUT2D eigenvalue weighted by Crippen LogP contribution is 2.31. The van der Waals surface area contributed by atoms with Crippen LogP contribution in [0.25, 0.3) is 0 Å². The predicted octanol–water partition coefficient (Wildman–Crippen LogP) is 5.12. The lowest BCUT2D eigenvalue weighted by molar-refractivity contribution is 0.0524. The number of ether oxygens (including phenoxy) is 1. The molecule has 1 fully saturated rings. The molecule has 0 aliphatic heterocycles. The summed E-state index contributed by atoms with van der Waals surface area (Å²) in [7, 11) is 0. The highest BCUT2D eigenvalue weighted by molar-refractivity contribution is 6.39. The van der Waals surface area contributed by atoms with Gasteiger partial charge in [0, 0.05) is 0 Å². The first kappa shape index (κ1) is 14.5. The van der Waals surface area contributed by atoms with Crippen molar-refractivity contribution in [2.45, 2.75) is 38.7 Å². The Morgan fingerprint density at radius 3 is 2.53 bits per heavy atom. The summed E-state index contributed by atoms with van der Waals surface area (Å²) in [4.78, 5) is 11.9. The minimum atomic E-state index is -0.492. The van der Waals surface area contributed by atoms with Gasteiger partial charge in [0.05, 0.1) is 15.7 Å². The van der Waals surface area contributed by atoms with Crippen molar-refractivity contribution in [3.05, 3.63) is 28.2 Å². The van der Waals surface area contributed by atoms with E-state index in [2.05, 4.69) is 12.2 Å². The van der Waals surface area contributed by atoms with Gasteiger partial charge in [-0.3, -0.25) is 5.32 Å². The number of carbonyl (C=O) groups is 1. The monoisotopic (exact) mass is 301 g/mol. The highest BCUT2D eigenvalue weighted by atomic mass is 35.5. The van der Waals surface area contributed by atoms with Crippen LogP contribution in [0.5, 0.6) is 0 Å². The van der Waals surface area contributed by atoms with Gasteiger partial charge in [-0.15, -0.1) is 0 Å². The molecule has 1 aliphatic rings. The molecule has 3 nitrogen and oxygen atoms in total. The van der Waals surface area contributed by atoms with Gasteiger partial charge >= 0.3 is 6.09 Å². The third-order valence-corrected chi connectivity index (χ3v) is 4.11. The Morgan fingerprint density at radius 1 is 1.26 bits per heavy atom. The number of hydrogen-bond donors (Lipinski definition) is 1. The molecule has 1 aliphatic carbocycles. The van der Waals surface area contributed by atoms with Crippen LogP contribution in [0.2, 0.25) is 10.0 Å². The van der Waals surface area contributed by atoms with E-state index in [4.69, 9.17) is 27.9 Å². The van der Waals surface area contributed by atoms with Crippen molar-refractivity contribution in [2.75, 3.05) is 5.32 Å². The van der Waals surface area contributed by atoms with E-state index in [1.807, 2.05) is 0 Å². The maximum absolute atomic E-state index is 11.9. The second-order valence-electron chi connectivity index (χ2n) is 4.93. The third-order valence-electron chi connectivity index (χ3n) is 3.48. The Balaban J connectivity index is 1.97. The predicted molar refractivity (Wildman–Crippen MR) is 78.0 cm³/mol. The molecular formula is C14H17Cl2NO2. The molecule has 1 amide bonds. The number of para-hydroxylation sites is 1. The molecule has 0 aromatic heterocycles. The number of benzene rings is 1. The molecule has 19 heavy (non-hydrogen) atoms. The SMILES string of the molecule is C[C@@H]1CCCC[C@@H]1OC(=O)Nc1c(Cl)cccc1Cl. The Labute approximate surface area is 123 Å². The van der Waals surface area contributed by atoms with Crippen molar-refractivity contribution in [1.82, 2.24) is 0 Å². The minimum Gasteiger partial charge on any atom is -0.446 e. The molecule has 1 aromatic carbocycles. The van der Waals surface area contributed by atoms with Crippen LogP contribution in [0.4, 0.5) is 10.5 Å².